The third-order valence-corrected chi connectivity index (χ3v) is 3.16. The first-order valence-corrected chi connectivity index (χ1v) is 7.46. The number of hydrogen-bond donors (Lipinski definition) is 5. The molecule has 0 aromatic rings. The minimum atomic E-state index is -1.72. The Balaban J connectivity index is 2.46. The van der Waals surface area contributed by atoms with Crippen molar-refractivity contribution >= 4 is 12.1 Å². The van der Waals surface area contributed by atoms with Gasteiger partial charge in [0.2, 0.25) is 0 Å². The average molecular weight is 351 g/mol. The molecule has 0 spiro atoms. The molecule has 1 amide bonds. The SMILES string of the molecule is C[C@@H](NC(=O)OC(C)(C)C)C(=O)OC[C@H]1O[C@H](O)[C@@H](O)[C@H](O)[C@H]1O. The highest BCUT2D eigenvalue weighted by molar-refractivity contribution is 5.81. The van der Waals surface area contributed by atoms with E-state index in [4.69, 9.17) is 14.2 Å². The lowest BCUT2D eigenvalue weighted by atomic mass is 9.99. The van der Waals surface area contributed by atoms with E-state index in [0.717, 1.165) is 0 Å². The predicted molar refractivity (Wildman–Crippen MR) is 78.7 cm³/mol. The fourth-order valence-electron chi connectivity index (χ4n) is 1.90. The second kappa shape index (κ2) is 8.08. The summed E-state index contributed by atoms with van der Waals surface area (Å²) in [4.78, 5) is 23.4. The average Bonchev–Trinajstić information content (AvgIpc) is 2.44. The number of aliphatic hydroxyl groups is 4. The van der Waals surface area contributed by atoms with Crippen molar-refractivity contribution in [1.29, 1.82) is 0 Å². The molecule has 0 saturated carbocycles. The standard InChI is InChI=1S/C14H25NO9/c1-6(15-13(21)24-14(2,3)4)11(19)22-5-7-8(16)9(17)10(18)12(20)23-7/h6-10,12,16-18,20H,5H2,1-4H3,(H,15,21)/t6-,7-,8+,9-,10+,12+/m1/s1. The van der Waals surface area contributed by atoms with Crippen LogP contribution in [0, 0.1) is 0 Å². The lowest BCUT2D eigenvalue weighted by Crippen LogP contribution is -2.58. The van der Waals surface area contributed by atoms with Gasteiger partial charge in [-0.2, -0.15) is 0 Å². The number of amides is 1. The van der Waals surface area contributed by atoms with Gasteiger partial charge < -0.3 is 40.0 Å². The van der Waals surface area contributed by atoms with E-state index in [1.54, 1.807) is 20.8 Å². The second-order valence-electron chi connectivity index (χ2n) is 6.53. The molecule has 1 heterocycles. The third-order valence-electron chi connectivity index (χ3n) is 3.16. The van der Waals surface area contributed by atoms with Crippen molar-refractivity contribution in [1.82, 2.24) is 5.32 Å². The van der Waals surface area contributed by atoms with Gasteiger partial charge >= 0.3 is 12.1 Å². The fraction of sp³-hybridized carbons (Fsp3) is 0.857. The summed E-state index contributed by atoms with van der Waals surface area (Å²) in [6.45, 7) is 5.90. The molecule has 1 aliphatic rings. The molecular weight excluding hydrogens is 326 g/mol. The number of esters is 1. The monoisotopic (exact) mass is 351 g/mol. The van der Waals surface area contributed by atoms with Gasteiger partial charge in [-0.3, -0.25) is 0 Å². The molecule has 1 saturated heterocycles. The summed E-state index contributed by atoms with van der Waals surface area (Å²) in [6, 6.07) is -1.03. The van der Waals surface area contributed by atoms with Gasteiger partial charge in [-0.25, -0.2) is 9.59 Å². The first-order valence-electron chi connectivity index (χ1n) is 7.46. The largest absolute Gasteiger partial charge is 0.461 e. The topological polar surface area (TPSA) is 155 Å². The van der Waals surface area contributed by atoms with Gasteiger partial charge in [0.15, 0.2) is 6.29 Å². The molecule has 1 rings (SSSR count). The molecule has 0 bridgehead atoms. The van der Waals surface area contributed by atoms with Crippen molar-refractivity contribution in [2.45, 2.75) is 70.0 Å². The Morgan fingerprint density at radius 3 is 2.25 bits per heavy atom. The van der Waals surface area contributed by atoms with E-state index in [2.05, 4.69) is 5.32 Å². The Hall–Kier alpha value is -1.46. The van der Waals surface area contributed by atoms with E-state index >= 15 is 0 Å². The molecule has 0 radical (unpaired) electrons. The van der Waals surface area contributed by atoms with Crippen LogP contribution in [0.5, 0.6) is 0 Å². The van der Waals surface area contributed by atoms with Crippen LogP contribution in [0.25, 0.3) is 0 Å². The van der Waals surface area contributed by atoms with Crippen molar-refractivity contribution < 1.29 is 44.2 Å². The molecule has 6 atom stereocenters. The molecule has 10 heteroatoms. The van der Waals surface area contributed by atoms with Crippen LogP contribution in [0.1, 0.15) is 27.7 Å². The van der Waals surface area contributed by atoms with Gasteiger partial charge in [0.05, 0.1) is 0 Å². The molecule has 1 aliphatic heterocycles. The van der Waals surface area contributed by atoms with Crippen LogP contribution in [0.3, 0.4) is 0 Å². The van der Waals surface area contributed by atoms with Crippen LogP contribution in [0.15, 0.2) is 0 Å². The number of aliphatic hydroxyl groups excluding tert-OH is 4. The number of alkyl carbamates (subject to hydrolysis) is 1. The zero-order chi connectivity index (χ0) is 18.7. The summed E-state index contributed by atoms with van der Waals surface area (Å²) in [5.41, 5.74) is -0.721. The predicted octanol–water partition coefficient (Wildman–Crippen LogP) is -1.76. The minimum Gasteiger partial charge on any atom is -0.461 e. The van der Waals surface area contributed by atoms with Gasteiger partial charge in [-0.15, -0.1) is 0 Å². The maximum atomic E-state index is 11.8. The van der Waals surface area contributed by atoms with Crippen LogP contribution < -0.4 is 5.32 Å². The maximum absolute atomic E-state index is 11.8. The van der Waals surface area contributed by atoms with Crippen LogP contribution in [-0.2, 0) is 19.0 Å². The number of hydrogen-bond acceptors (Lipinski definition) is 9. The quantitative estimate of drug-likeness (QED) is 0.370. The van der Waals surface area contributed by atoms with Crippen LogP contribution in [-0.4, -0.2) is 81.4 Å². The zero-order valence-electron chi connectivity index (χ0n) is 14.0. The molecule has 1 fully saturated rings. The van der Waals surface area contributed by atoms with Crippen molar-refractivity contribution in [3.8, 4) is 0 Å². The summed E-state index contributed by atoms with van der Waals surface area (Å²) in [6.07, 6.45) is -8.60. The highest BCUT2D eigenvalue weighted by Crippen LogP contribution is 2.20. The number of carbonyl (C=O) groups excluding carboxylic acids is 2. The van der Waals surface area contributed by atoms with Crippen LogP contribution in [0.4, 0.5) is 4.79 Å². The van der Waals surface area contributed by atoms with Gasteiger partial charge in [-0.05, 0) is 27.7 Å². The molecular formula is C14H25NO9. The number of carbonyl (C=O) groups is 2. The normalized spacial score (nSPS) is 31.9. The lowest BCUT2D eigenvalue weighted by molar-refractivity contribution is -0.287. The summed E-state index contributed by atoms with van der Waals surface area (Å²) in [7, 11) is 0. The summed E-state index contributed by atoms with van der Waals surface area (Å²) < 4.78 is 14.7. The first-order chi connectivity index (χ1) is 10.9. The van der Waals surface area contributed by atoms with Crippen LogP contribution in [0.2, 0.25) is 0 Å². The van der Waals surface area contributed by atoms with Gasteiger partial charge in [-0.1, -0.05) is 0 Å². The van der Waals surface area contributed by atoms with E-state index < -0.39 is 61.0 Å². The Morgan fingerprint density at radius 2 is 1.71 bits per heavy atom. The second-order valence-corrected chi connectivity index (χ2v) is 6.53. The summed E-state index contributed by atoms with van der Waals surface area (Å²) in [5, 5.41) is 40.3. The number of rotatable bonds is 4. The van der Waals surface area contributed by atoms with Gasteiger partial charge in [0.1, 0.15) is 42.7 Å². The molecule has 0 unspecified atom stereocenters. The highest BCUT2D eigenvalue weighted by atomic mass is 16.7. The summed E-state index contributed by atoms with van der Waals surface area (Å²) in [5.74, 6) is -0.827. The molecule has 0 aromatic carbocycles. The van der Waals surface area contributed by atoms with Crippen molar-refractivity contribution in [3.05, 3.63) is 0 Å². The van der Waals surface area contributed by atoms with E-state index in [0.29, 0.717) is 0 Å². The highest BCUT2D eigenvalue weighted by Gasteiger charge is 2.43. The Morgan fingerprint density at radius 1 is 1.12 bits per heavy atom. The zero-order valence-corrected chi connectivity index (χ0v) is 14.0. The van der Waals surface area contributed by atoms with E-state index in [9.17, 15) is 30.0 Å². The van der Waals surface area contributed by atoms with E-state index in [-0.39, 0.29) is 0 Å². The lowest BCUT2D eigenvalue weighted by Gasteiger charge is -2.38. The third kappa shape index (κ3) is 5.87. The van der Waals surface area contributed by atoms with Gasteiger partial charge in [0, 0.05) is 0 Å². The van der Waals surface area contributed by atoms with Gasteiger partial charge in [0.25, 0.3) is 0 Å². The molecule has 0 aromatic heterocycles. The first kappa shape index (κ1) is 20.6. The molecule has 24 heavy (non-hydrogen) atoms. The Labute approximate surface area is 139 Å². The molecule has 140 valence electrons. The molecule has 5 N–H and O–H groups in total. The van der Waals surface area contributed by atoms with Crippen LogP contribution >= 0.6 is 0 Å². The number of nitrogens with one attached hydrogen (secondary N) is 1. The smallest absolute Gasteiger partial charge is 0.408 e. The minimum absolute atomic E-state index is 0.485. The molecule has 10 nitrogen and oxygen atoms in total. The number of ether oxygens (including phenoxy) is 3. The fourth-order valence-corrected chi connectivity index (χ4v) is 1.90. The Kier molecular flexibility index (Phi) is 6.93. The van der Waals surface area contributed by atoms with E-state index in [1.165, 1.54) is 6.92 Å². The van der Waals surface area contributed by atoms with Crippen molar-refractivity contribution in [2.75, 3.05) is 6.61 Å². The summed E-state index contributed by atoms with van der Waals surface area (Å²) >= 11 is 0. The van der Waals surface area contributed by atoms with Crippen molar-refractivity contribution in [3.63, 3.8) is 0 Å². The van der Waals surface area contributed by atoms with Crippen molar-refractivity contribution in [2.24, 2.45) is 0 Å². The maximum Gasteiger partial charge on any atom is 0.408 e. The van der Waals surface area contributed by atoms with E-state index in [1.807, 2.05) is 0 Å². The Bertz CT molecular complexity index is 450. The molecule has 0 aliphatic carbocycles.